The molecular weight excluding hydrogens is 390 g/mol. The van der Waals surface area contributed by atoms with Gasteiger partial charge in [0, 0.05) is 17.8 Å². The molecule has 0 spiro atoms. The first-order valence-electron chi connectivity index (χ1n) is 8.21. The lowest BCUT2D eigenvalue weighted by atomic mass is 10.2. The Labute approximate surface area is 165 Å². The number of carbonyl (C=O) groups is 1. The highest BCUT2D eigenvalue weighted by atomic mass is 35.5. The van der Waals surface area contributed by atoms with Crippen LogP contribution in [0.25, 0.3) is 0 Å². The minimum Gasteiger partial charge on any atom is -0.497 e. The number of ether oxygens (including phenoxy) is 1. The van der Waals surface area contributed by atoms with Crippen molar-refractivity contribution in [2.45, 2.75) is 17.7 Å². The monoisotopic (exact) mass is 413 g/mol. The Hall–Kier alpha value is -2.29. The number of nitrogens with two attached hydrogens (primary N) is 1. The maximum atomic E-state index is 12.5. The standard InChI is InChI=1S/C18H23N3O4S.ClH/c1-25-16-9-7-15(8-10-16)21-26(23,24)17-6-4-5-14(13-17)18(22)20-12-3-2-11-19;/h4-10,13,21H,2-3,11-12,19H2,1H3,(H,20,22);1H. The van der Waals surface area contributed by atoms with E-state index < -0.39 is 10.0 Å². The van der Waals surface area contributed by atoms with Gasteiger partial charge in [-0.25, -0.2) is 8.42 Å². The van der Waals surface area contributed by atoms with E-state index in [9.17, 15) is 13.2 Å². The first kappa shape index (κ1) is 22.8. The summed E-state index contributed by atoms with van der Waals surface area (Å²) in [5.41, 5.74) is 6.10. The second-order valence-corrected chi connectivity index (χ2v) is 7.30. The lowest BCUT2D eigenvalue weighted by Gasteiger charge is -2.10. The van der Waals surface area contributed by atoms with E-state index in [1.54, 1.807) is 30.3 Å². The SMILES string of the molecule is COc1ccc(NS(=O)(=O)c2cccc(C(=O)NCCCCN)c2)cc1.Cl. The van der Waals surface area contributed by atoms with Crippen molar-refractivity contribution in [2.75, 3.05) is 24.9 Å². The Bertz CT molecular complexity index is 842. The molecule has 0 saturated heterocycles. The van der Waals surface area contributed by atoms with Crippen LogP contribution in [0.1, 0.15) is 23.2 Å². The quantitative estimate of drug-likeness (QED) is 0.546. The van der Waals surface area contributed by atoms with E-state index in [1.165, 1.54) is 25.3 Å². The zero-order valence-electron chi connectivity index (χ0n) is 15.0. The molecule has 148 valence electrons. The molecule has 0 aliphatic rings. The Morgan fingerprint density at radius 1 is 1.11 bits per heavy atom. The molecule has 0 atom stereocenters. The molecule has 0 bridgehead atoms. The number of benzene rings is 2. The fraction of sp³-hybridized carbons (Fsp3) is 0.278. The van der Waals surface area contributed by atoms with Gasteiger partial charge in [0.15, 0.2) is 0 Å². The maximum absolute atomic E-state index is 12.5. The summed E-state index contributed by atoms with van der Waals surface area (Å²) in [6.07, 6.45) is 1.60. The maximum Gasteiger partial charge on any atom is 0.261 e. The Morgan fingerprint density at radius 2 is 1.81 bits per heavy atom. The summed E-state index contributed by atoms with van der Waals surface area (Å²) in [4.78, 5) is 12.2. The predicted octanol–water partition coefficient (Wildman–Crippen LogP) is 2.39. The minimum atomic E-state index is -3.81. The molecule has 2 aromatic rings. The highest BCUT2D eigenvalue weighted by Gasteiger charge is 2.16. The van der Waals surface area contributed by atoms with Crippen molar-refractivity contribution < 1.29 is 17.9 Å². The first-order chi connectivity index (χ1) is 12.5. The predicted molar refractivity (Wildman–Crippen MR) is 108 cm³/mol. The van der Waals surface area contributed by atoms with Gasteiger partial charge in [0.05, 0.1) is 12.0 Å². The van der Waals surface area contributed by atoms with Crippen molar-refractivity contribution in [2.24, 2.45) is 5.73 Å². The highest BCUT2D eigenvalue weighted by molar-refractivity contribution is 7.92. The summed E-state index contributed by atoms with van der Waals surface area (Å²) in [6.45, 7) is 1.07. The number of carbonyl (C=O) groups excluding carboxylic acids is 1. The number of amides is 1. The summed E-state index contributed by atoms with van der Waals surface area (Å²) in [7, 11) is -2.27. The van der Waals surface area contributed by atoms with Gasteiger partial charge in [-0.05, 0) is 61.9 Å². The molecule has 0 unspecified atom stereocenters. The summed E-state index contributed by atoms with van der Waals surface area (Å²) in [6, 6.07) is 12.4. The van der Waals surface area contributed by atoms with Crippen molar-refractivity contribution in [1.82, 2.24) is 5.32 Å². The molecular formula is C18H24ClN3O4S. The lowest BCUT2D eigenvalue weighted by molar-refractivity contribution is 0.0953. The van der Waals surface area contributed by atoms with E-state index in [0.717, 1.165) is 12.8 Å². The number of hydrogen-bond acceptors (Lipinski definition) is 5. The Morgan fingerprint density at radius 3 is 2.44 bits per heavy atom. The molecule has 27 heavy (non-hydrogen) atoms. The average molecular weight is 414 g/mol. The Balaban J connectivity index is 0.00000364. The van der Waals surface area contributed by atoms with Gasteiger partial charge in [0.2, 0.25) is 0 Å². The third-order valence-electron chi connectivity index (χ3n) is 3.67. The van der Waals surface area contributed by atoms with Gasteiger partial charge in [-0.15, -0.1) is 12.4 Å². The van der Waals surface area contributed by atoms with E-state index in [-0.39, 0.29) is 28.8 Å². The molecule has 0 radical (unpaired) electrons. The van der Waals surface area contributed by atoms with Crippen LogP contribution >= 0.6 is 12.4 Å². The number of sulfonamides is 1. The van der Waals surface area contributed by atoms with Crippen LogP contribution in [0.3, 0.4) is 0 Å². The molecule has 0 fully saturated rings. The number of methoxy groups -OCH3 is 1. The summed E-state index contributed by atoms with van der Waals surface area (Å²) >= 11 is 0. The van der Waals surface area contributed by atoms with Crippen molar-refractivity contribution in [1.29, 1.82) is 0 Å². The molecule has 2 aromatic carbocycles. The molecule has 0 aliphatic heterocycles. The fourth-order valence-corrected chi connectivity index (χ4v) is 3.36. The molecule has 0 saturated carbocycles. The summed E-state index contributed by atoms with van der Waals surface area (Å²) in [5.74, 6) is 0.310. The Kier molecular flexibility index (Phi) is 9.07. The lowest BCUT2D eigenvalue weighted by Crippen LogP contribution is -2.25. The van der Waals surface area contributed by atoms with E-state index in [2.05, 4.69) is 10.0 Å². The smallest absolute Gasteiger partial charge is 0.261 e. The molecule has 4 N–H and O–H groups in total. The normalized spacial score (nSPS) is 10.6. The van der Waals surface area contributed by atoms with E-state index in [4.69, 9.17) is 10.5 Å². The van der Waals surface area contributed by atoms with Crippen LogP contribution in [0.15, 0.2) is 53.4 Å². The minimum absolute atomic E-state index is 0. The fourth-order valence-electron chi connectivity index (χ4n) is 2.25. The third-order valence-corrected chi connectivity index (χ3v) is 5.04. The number of halogens is 1. The van der Waals surface area contributed by atoms with Gasteiger partial charge in [0.1, 0.15) is 5.75 Å². The summed E-state index contributed by atoms with van der Waals surface area (Å²) < 4.78 is 32.6. The number of hydrogen-bond donors (Lipinski definition) is 3. The zero-order chi connectivity index (χ0) is 19.0. The van der Waals surface area contributed by atoms with Crippen molar-refractivity contribution in [3.63, 3.8) is 0 Å². The van der Waals surface area contributed by atoms with E-state index >= 15 is 0 Å². The van der Waals surface area contributed by atoms with E-state index in [0.29, 0.717) is 24.5 Å². The van der Waals surface area contributed by atoms with Crippen molar-refractivity contribution in [3.8, 4) is 5.75 Å². The van der Waals surface area contributed by atoms with Gasteiger partial charge >= 0.3 is 0 Å². The van der Waals surface area contributed by atoms with Gasteiger partial charge in [-0.3, -0.25) is 9.52 Å². The van der Waals surface area contributed by atoms with Gasteiger partial charge in [0.25, 0.3) is 15.9 Å². The van der Waals surface area contributed by atoms with Gasteiger partial charge in [-0.1, -0.05) is 6.07 Å². The van der Waals surface area contributed by atoms with Crippen LogP contribution in [0.4, 0.5) is 5.69 Å². The van der Waals surface area contributed by atoms with E-state index in [1.807, 2.05) is 0 Å². The van der Waals surface area contributed by atoms with Crippen molar-refractivity contribution >= 4 is 34.0 Å². The molecule has 0 aliphatic carbocycles. The van der Waals surface area contributed by atoms with Gasteiger partial charge in [-0.2, -0.15) is 0 Å². The van der Waals surface area contributed by atoms with Crippen LogP contribution < -0.4 is 20.5 Å². The highest BCUT2D eigenvalue weighted by Crippen LogP contribution is 2.20. The van der Waals surface area contributed by atoms with Crippen LogP contribution in [0.5, 0.6) is 5.75 Å². The molecule has 2 rings (SSSR count). The first-order valence-corrected chi connectivity index (χ1v) is 9.70. The topological polar surface area (TPSA) is 111 Å². The zero-order valence-corrected chi connectivity index (χ0v) is 16.6. The molecule has 1 amide bonds. The van der Waals surface area contributed by atoms with Crippen LogP contribution in [-0.2, 0) is 10.0 Å². The van der Waals surface area contributed by atoms with Crippen molar-refractivity contribution in [3.05, 3.63) is 54.1 Å². The second-order valence-electron chi connectivity index (χ2n) is 5.61. The molecule has 0 aromatic heterocycles. The number of unbranched alkanes of at least 4 members (excludes halogenated alkanes) is 1. The van der Waals surface area contributed by atoms with Crippen LogP contribution in [0.2, 0.25) is 0 Å². The molecule has 9 heteroatoms. The van der Waals surface area contributed by atoms with Crippen LogP contribution in [-0.4, -0.2) is 34.5 Å². The third kappa shape index (κ3) is 6.74. The molecule has 7 nitrogen and oxygen atoms in total. The van der Waals surface area contributed by atoms with Crippen LogP contribution in [0, 0.1) is 0 Å². The second kappa shape index (κ2) is 10.8. The molecule has 0 heterocycles. The van der Waals surface area contributed by atoms with Gasteiger partial charge < -0.3 is 15.8 Å². The summed E-state index contributed by atoms with van der Waals surface area (Å²) in [5, 5.41) is 2.75. The number of anilines is 1. The largest absolute Gasteiger partial charge is 0.497 e. The number of rotatable bonds is 9. The number of nitrogens with one attached hydrogen (secondary N) is 2. The average Bonchev–Trinajstić information content (AvgIpc) is 2.65.